The number of anilines is 1. The molecule has 4 rings (SSSR count). The zero-order valence-corrected chi connectivity index (χ0v) is 22.4. The molecule has 1 fully saturated rings. The number of aliphatic imine (C=N–C) groups is 2. The summed E-state index contributed by atoms with van der Waals surface area (Å²) in [5.74, 6) is 1.04. The van der Waals surface area contributed by atoms with E-state index in [4.69, 9.17) is 10.7 Å². The van der Waals surface area contributed by atoms with Crippen LogP contribution in [0.3, 0.4) is 0 Å². The molecular formula is C33H41N3. The van der Waals surface area contributed by atoms with Gasteiger partial charge in [0, 0.05) is 24.0 Å². The summed E-state index contributed by atoms with van der Waals surface area (Å²) in [4.78, 5) is 9.55. The SMILES string of the molecule is C=C/C=C\C(=C/C)C(C)=Nc1cc(C2=NC=C(c3ccc(N)cc3)C2)ccc1C.CC1CCCCC1. The summed E-state index contributed by atoms with van der Waals surface area (Å²) >= 11 is 0. The zero-order chi connectivity index (χ0) is 25.9. The average molecular weight is 480 g/mol. The van der Waals surface area contributed by atoms with Crippen molar-refractivity contribution in [3.05, 3.63) is 102 Å². The lowest BCUT2D eigenvalue weighted by molar-refractivity contribution is 0.385. The van der Waals surface area contributed by atoms with Gasteiger partial charge >= 0.3 is 0 Å². The van der Waals surface area contributed by atoms with Gasteiger partial charge in [-0.05, 0) is 72.7 Å². The highest BCUT2D eigenvalue weighted by atomic mass is 14.8. The molecule has 0 spiro atoms. The zero-order valence-electron chi connectivity index (χ0n) is 22.4. The molecule has 1 aliphatic carbocycles. The lowest BCUT2D eigenvalue weighted by atomic mass is 9.91. The molecule has 3 heteroatoms. The van der Waals surface area contributed by atoms with E-state index in [0.29, 0.717) is 0 Å². The number of hydrogen-bond acceptors (Lipinski definition) is 3. The number of aryl methyl sites for hydroxylation is 1. The Balaban J connectivity index is 0.000000444. The predicted molar refractivity (Wildman–Crippen MR) is 159 cm³/mol. The van der Waals surface area contributed by atoms with E-state index in [1.54, 1.807) is 6.08 Å². The third-order valence-electron chi connectivity index (χ3n) is 6.88. The van der Waals surface area contributed by atoms with Crippen molar-refractivity contribution in [1.29, 1.82) is 0 Å². The maximum absolute atomic E-state index is 5.80. The Hall–Kier alpha value is -3.46. The Morgan fingerprint density at radius 1 is 1.06 bits per heavy atom. The van der Waals surface area contributed by atoms with Crippen LogP contribution in [0.1, 0.15) is 76.0 Å². The Morgan fingerprint density at radius 3 is 2.36 bits per heavy atom. The summed E-state index contributed by atoms with van der Waals surface area (Å²) in [7, 11) is 0. The second kappa shape index (κ2) is 13.6. The number of nitrogens with two attached hydrogens (primary N) is 1. The summed E-state index contributed by atoms with van der Waals surface area (Å²) < 4.78 is 0. The van der Waals surface area contributed by atoms with Crippen LogP contribution in [0.5, 0.6) is 0 Å². The molecule has 2 N–H and O–H groups in total. The van der Waals surface area contributed by atoms with Gasteiger partial charge in [-0.25, -0.2) is 0 Å². The standard InChI is InChI=1S/C26H27N3.C7H14/c1-5-7-8-20(6-2)19(4)29-25-15-22(10-9-18(25)3)26-16-23(17-28-26)21-11-13-24(27)14-12-21;1-7-5-3-2-4-6-7/h5-15,17H,1,16,27H2,2-4H3;7H,2-6H2,1H3/b8-7-,20-6+,29-19?;. The highest BCUT2D eigenvalue weighted by Crippen LogP contribution is 2.29. The summed E-state index contributed by atoms with van der Waals surface area (Å²) in [6.45, 7) is 12.2. The van der Waals surface area contributed by atoms with Gasteiger partial charge in [-0.1, -0.05) is 94.2 Å². The van der Waals surface area contributed by atoms with Crippen LogP contribution in [-0.2, 0) is 0 Å². The van der Waals surface area contributed by atoms with Crippen LogP contribution in [-0.4, -0.2) is 11.4 Å². The monoisotopic (exact) mass is 479 g/mol. The Kier molecular flexibility index (Phi) is 10.2. The van der Waals surface area contributed by atoms with Gasteiger partial charge < -0.3 is 5.73 Å². The van der Waals surface area contributed by atoms with Gasteiger partial charge in [0.25, 0.3) is 0 Å². The minimum Gasteiger partial charge on any atom is -0.399 e. The maximum atomic E-state index is 5.80. The summed E-state index contributed by atoms with van der Waals surface area (Å²) in [5.41, 5.74) is 15.3. The van der Waals surface area contributed by atoms with Crippen molar-refractivity contribution in [2.75, 3.05) is 5.73 Å². The highest BCUT2D eigenvalue weighted by Gasteiger charge is 2.15. The molecule has 1 saturated carbocycles. The molecule has 0 radical (unpaired) electrons. The Bertz CT molecular complexity index is 1180. The fraction of sp³-hybridized carbons (Fsp3) is 0.333. The van der Waals surface area contributed by atoms with Crippen molar-refractivity contribution in [1.82, 2.24) is 0 Å². The average Bonchev–Trinajstić information content (AvgIpc) is 3.37. The normalized spacial score (nSPS) is 16.9. The van der Waals surface area contributed by atoms with E-state index in [1.165, 1.54) is 37.7 Å². The molecule has 188 valence electrons. The summed E-state index contributed by atoms with van der Waals surface area (Å²) in [6, 6.07) is 14.3. The minimum atomic E-state index is 0.772. The number of nitrogen functional groups attached to an aromatic ring is 1. The van der Waals surface area contributed by atoms with Gasteiger partial charge in [-0.15, -0.1) is 0 Å². The molecule has 2 aliphatic rings. The first-order valence-electron chi connectivity index (χ1n) is 13.1. The number of hydrogen-bond donors (Lipinski definition) is 1. The third-order valence-corrected chi connectivity index (χ3v) is 6.88. The topological polar surface area (TPSA) is 50.7 Å². The summed E-state index contributed by atoms with van der Waals surface area (Å²) in [5, 5.41) is 0. The van der Waals surface area contributed by atoms with Crippen LogP contribution in [0.25, 0.3) is 5.57 Å². The largest absolute Gasteiger partial charge is 0.399 e. The molecule has 0 atom stereocenters. The van der Waals surface area contributed by atoms with Gasteiger partial charge in [-0.3, -0.25) is 9.98 Å². The van der Waals surface area contributed by atoms with E-state index in [2.05, 4.69) is 49.7 Å². The van der Waals surface area contributed by atoms with Crippen molar-refractivity contribution in [3.8, 4) is 0 Å². The maximum Gasteiger partial charge on any atom is 0.0668 e. The second-order valence-electron chi connectivity index (χ2n) is 9.81. The molecule has 2 aromatic carbocycles. The van der Waals surface area contributed by atoms with Crippen molar-refractivity contribution in [3.63, 3.8) is 0 Å². The third kappa shape index (κ3) is 7.78. The summed E-state index contributed by atoms with van der Waals surface area (Å²) in [6.07, 6.45) is 18.0. The van der Waals surface area contributed by atoms with Crippen LogP contribution in [0.4, 0.5) is 11.4 Å². The number of nitrogens with zero attached hydrogens (tertiary/aromatic N) is 2. The lowest BCUT2D eigenvalue weighted by Crippen LogP contribution is -1.99. The van der Waals surface area contributed by atoms with Crippen molar-refractivity contribution >= 4 is 28.4 Å². The van der Waals surface area contributed by atoms with Crippen LogP contribution in [0, 0.1) is 12.8 Å². The molecule has 0 unspecified atom stereocenters. The van der Waals surface area contributed by atoms with E-state index < -0.39 is 0 Å². The van der Waals surface area contributed by atoms with E-state index in [1.807, 2.05) is 56.5 Å². The second-order valence-corrected chi connectivity index (χ2v) is 9.81. The van der Waals surface area contributed by atoms with Crippen LogP contribution in [0.15, 0.2) is 95.1 Å². The van der Waals surface area contributed by atoms with Crippen LogP contribution in [0.2, 0.25) is 0 Å². The fourth-order valence-corrected chi connectivity index (χ4v) is 4.54. The molecule has 0 saturated heterocycles. The molecule has 1 aliphatic heterocycles. The van der Waals surface area contributed by atoms with Crippen LogP contribution < -0.4 is 5.73 Å². The smallest absolute Gasteiger partial charge is 0.0668 e. The molecular weight excluding hydrogens is 438 g/mol. The first-order valence-corrected chi connectivity index (χ1v) is 13.1. The molecule has 0 bridgehead atoms. The molecule has 2 aromatic rings. The van der Waals surface area contributed by atoms with E-state index >= 15 is 0 Å². The van der Waals surface area contributed by atoms with Gasteiger partial charge in [0.15, 0.2) is 0 Å². The number of rotatable bonds is 6. The van der Waals surface area contributed by atoms with E-state index in [0.717, 1.165) is 57.4 Å². The number of benzene rings is 2. The first kappa shape index (κ1) is 27.1. The number of allylic oxidation sites excluding steroid dienone is 6. The molecule has 3 nitrogen and oxygen atoms in total. The van der Waals surface area contributed by atoms with Gasteiger partial charge in [0.2, 0.25) is 0 Å². The van der Waals surface area contributed by atoms with E-state index in [9.17, 15) is 0 Å². The fourth-order valence-electron chi connectivity index (χ4n) is 4.54. The van der Waals surface area contributed by atoms with Crippen molar-refractivity contribution < 1.29 is 0 Å². The quantitative estimate of drug-likeness (QED) is 0.250. The van der Waals surface area contributed by atoms with Gasteiger partial charge in [0.05, 0.1) is 11.4 Å². The Morgan fingerprint density at radius 2 is 1.75 bits per heavy atom. The molecule has 0 amide bonds. The molecule has 0 aromatic heterocycles. The first-order chi connectivity index (χ1) is 17.4. The van der Waals surface area contributed by atoms with Crippen molar-refractivity contribution in [2.45, 2.75) is 66.2 Å². The lowest BCUT2D eigenvalue weighted by Gasteiger charge is -2.15. The Labute approximate surface area is 218 Å². The molecule has 1 heterocycles. The highest BCUT2D eigenvalue weighted by molar-refractivity contribution is 6.10. The predicted octanol–water partition coefficient (Wildman–Crippen LogP) is 9.18. The molecule has 36 heavy (non-hydrogen) atoms. The van der Waals surface area contributed by atoms with Crippen molar-refractivity contribution in [2.24, 2.45) is 15.9 Å². The van der Waals surface area contributed by atoms with Gasteiger partial charge in [0.1, 0.15) is 0 Å². The van der Waals surface area contributed by atoms with Crippen LogP contribution >= 0.6 is 0 Å². The van der Waals surface area contributed by atoms with Gasteiger partial charge in [-0.2, -0.15) is 0 Å². The minimum absolute atomic E-state index is 0.772. The van der Waals surface area contributed by atoms with E-state index in [-0.39, 0.29) is 0 Å².